The van der Waals surface area contributed by atoms with Crippen LogP contribution in [0.1, 0.15) is 39.0 Å². The van der Waals surface area contributed by atoms with Crippen molar-refractivity contribution in [3.63, 3.8) is 0 Å². The van der Waals surface area contributed by atoms with Crippen LogP contribution in [0, 0.1) is 0 Å². The normalized spacial score (nSPS) is 11.7. The summed E-state index contributed by atoms with van der Waals surface area (Å²) in [6, 6.07) is 4.98. The van der Waals surface area contributed by atoms with Crippen LogP contribution in [0.2, 0.25) is 0 Å². The van der Waals surface area contributed by atoms with Gasteiger partial charge in [-0.25, -0.2) is 4.79 Å². The highest BCUT2D eigenvalue weighted by molar-refractivity contribution is 7.85. The number of hydrogen-bond acceptors (Lipinski definition) is 4. The lowest BCUT2D eigenvalue weighted by Gasteiger charge is -2.02. The third-order valence-corrected chi connectivity index (χ3v) is 3.69. The van der Waals surface area contributed by atoms with Crippen LogP contribution in [-0.4, -0.2) is 18.9 Å². The van der Waals surface area contributed by atoms with E-state index < -0.39 is 16.1 Å². The number of carbonyl (C=O) groups is 1. The van der Waals surface area contributed by atoms with Gasteiger partial charge >= 0.3 is 5.97 Å². The zero-order valence-corrected chi connectivity index (χ0v) is 12.8. The van der Waals surface area contributed by atoms with E-state index in [1.807, 2.05) is 0 Å². The van der Waals surface area contributed by atoms with Gasteiger partial charge in [0.25, 0.3) is 10.1 Å². The first-order valence-electron chi connectivity index (χ1n) is 6.89. The Morgan fingerprint density at radius 3 is 2.43 bits per heavy atom. The van der Waals surface area contributed by atoms with Crippen molar-refractivity contribution in [1.29, 1.82) is 0 Å². The molecule has 0 aliphatic heterocycles. The highest BCUT2D eigenvalue weighted by Gasteiger charge is 2.09. The molecule has 116 valence electrons. The number of hydrogen-bond donors (Lipinski definition) is 1. The van der Waals surface area contributed by atoms with Gasteiger partial charge in [0, 0.05) is 6.08 Å². The fraction of sp³-hybridized carbons (Fsp3) is 0.400. The van der Waals surface area contributed by atoms with Gasteiger partial charge in [-0.15, -0.1) is 0 Å². The van der Waals surface area contributed by atoms with Crippen LogP contribution in [0.25, 0.3) is 0 Å². The number of allylic oxidation sites excluding steroid dienone is 1. The van der Waals surface area contributed by atoms with Crippen LogP contribution in [-0.2, 0) is 14.9 Å². The average Bonchev–Trinajstić information content (AvgIpc) is 2.42. The number of carbonyl (C=O) groups excluding carboxylic acids is 1. The van der Waals surface area contributed by atoms with Crippen LogP contribution in [0.5, 0.6) is 5.75 Å². The second-order valence-electron chi connectivity index (χ2n) is 4.62. The standard InChI is InChI=1S/C15H20O5S/c1-2-3-4-5-6-7-8-15(16)20-13-9-11-14(12-10-13)21(17,18)19/h7-12H,2-6H2,1H3,(H,17,18,19). The molecule has 0 saturated heterocycles. The van der Waals surface area contributed by atoms with Crippen molar-refractivity contribution in [3.8, 4) is 5.75 Å². The number of ether oxygens (including phenoxy) is 1. The van der Waals surface area contributed by atoms with E-state index in [0.29, 0.717) is 0 Å². The van der Waals surface area contributed by atoms with Gasteiger partial charge < -0.3 is 4.74 Å². The lowest BCUT2D eigenvalue weighted by atomic mass is 10.1. The molecule has 0 unspecified atom stereocenters. The summed E-state index contributed by atoms with van der Waals surface area (Å²) in [5.74, 6) is -0.284. The molecule has 0 spiro atoms. The van der Waals surface area contributed by atoms with Gasteiger partial charge in [-0.1, -0.05) is 32.3 Å². The molecule has 1 aromatic rings. The number of benzene rings is 1. The number of rotatable bonds is 8. The first kappa shape index (κ1) is 17.4. The highest BCUT2D eigenvalue weighted by Crippen LogP contribution is 2.16. The summed E-state index contributed by atoms with van der Waals surface area (Å²) in [5.41, 5.74) is 0. The summed E-state index contributed by atoms with van der Waals surface area (Å²) in [5, 5.41) is 0. The van der Waals surface area contributed by atoms with Crippen molar-refractivity contribution in [3.05, 3.63) is 36.4 Å². The molecule has 1 N–H and O–H groups in total. The predicted molar refractivity (Wildman–Crippen MR) is 79.8 cm³/mol. The summed E-state index contributed by atoms with van der Waals surface area (Å²) in [7, 11) is -4.23. The lowest BCUT2D eigenvalue weighted by Crippen LogP contribution is -2.04. The van der Waals surface area contributed by atoms with Crippen molar-refractivity contribution in [2.24, 2.45) is 0 Å². The Kier molecular flexibility index (Phi) is 7.11. The van der Waals surface area contributed by atoms with E-state index in [-0.39, 0.29) is 10.6 Å². The van der Waals surface area contributed by atoms with Gasteiger partial charge in [0.15, 0.2) is 0 Å². The van der Waals surface area contributed by atoms with Crippen LogP contribution in [0.15, 0.2) is 41.3 Å². The van der Waals surface area contributed by atoms with Crippen molar-refractivity contribution in [2.75, 3.05) is 0 Å². The molecule has 0 heterocycles. The van der Waals surface area contributed by atoms with Crippen molar-refractivity contribution < 1.29 is 22.5 Å². The maximum atomic E-state index is 11.5. The molecule has 1 rings (SSSR count). The van der Waals surface area contributed by atoms with Crippen LogP contribution >= 0.6 is 0 Å². The Bertz CT molecular complexity index is 573. The van der Waals surface area contributed by atoms with E-state index in [9.17, 15) is 13.2 Å². The predicted octanol–water partition coefficient (Wildman–Crippen LogP) is 3.37. The van der Waals surface area contributed by atoms with Crippen LogP contribution in [0.3, 0.4) is 0 Å². The molecule has 5 nitrogen and oxygen atoms in total. The van der Waals surface area contributed by atoms with E-state index in [1.165, 1.54) is 43.2 Å². The van der Waals surface area contributed by atoms with Gasteiger partial charge in [0.05, 0.1) is 4.90 Å². The minimum Gasteiger partial charge on any atom is -0.423 e. The quantitative estimate of drug-likeness (QED) is 0.262. The molecule has 0 fully saturated rings. The maximum absolute atomic E-state index is 11.5. The zero-order valence-electron chi connectivity index (χ0n) is 12.0. The third-order valence-electron chi connectivity index (χ3n) is 2.82. The topological polar surface area (TPSA) is 80.7 Å². The lowest BCUT2D eigenvalue weighted by molar-refractivity contribution is -0.129. The van der Waals surface area contributed by atoms with Gasteiger partial charge in [-0.3, -0.25) is 4.55 Å². The molecular formula is C15H20O5S. The largest absolute Gasteiger partial charge is 0.423 e. The SMILES string of the molecule is CCCCCCC=CC(=O)Oc1ccc(S(=O)(=O)O)cc1. The zero-order chi connectivity index (χ0) is 15.7. The fourth-order valence-corrected chi connectivity index (χ4v) is 2.18. The molecule has 0 saturated carbocycles. The first-order chi connectivity index (χ1) is 9.93. The van der Waals surface area contributed by atoms with E-state index >= 15 is 0 Å². The number of unbranched alkanes of at least 4 members (excludes halogenated alkanes) is 4. The molecule has 21 heavy (non-hydrogen) atoms. The Morgan fingerprint density at radius 1 is 1.19 bits per heavy atom. The molecule has 0 aliphatic rings. The van der Waals surface area contributed by atoms with Crippen molar-refractivity contribution >= 4 is 16.1 Å². The minimum absolute atomic E-state index is 0.225. The molecule has 6 heteroatoms. The molecule has 0 aliphatic carbocycles. The Hall–Kier alpha value is -1.66. The summed E-state index contributed by atoms with van der Waals surface area (Å²) < 4.78 is 35.5. The van der Waals surface area contributed by atoms with Crippen molar-refractivity contribution in [1.82, 2.24) is 0 Å². The fourth-order valence-electron chi connectivity index (χ4n) is 1.70. The molecule has 0 radical (unpaired) electrons. The molecular weight excluding hydrogens is 292 g/mol. The van der Waals surface area contributed by atoms with E-state index in [2.05, 4.69) is 6.92 Å². The molecule has 0 aromatic heterocycles. The van der Waals surface area contributed by atoms with Crippen LogP contribution < -0.4 is 4.74 Å². The van der Waals surface area contributed by atoms with Gasteiger partial charge in [0.1, 0.15) is 5.75 Å². The summed E-state index contributed by atoms with van der Waals surface area (Å²) >= 11 is 0. The van der Waals surface area contributed by atoms with Gasteiger partial charge in [0.2, 0.25) is 0 Å². The monoisotopic (exact) mass is 312 g/mol. The minimum atomic E-state index is -4.23. The first-order valence-corrected chi connectivity index (χ1v) is 8.33. The summed E-state index contributed by atoms with van der Waals surface area (Å²) in [6.45, 7) is 2.14. The second kappa shape index (κ2) is 8.59. The summed E-state index contributed by atoms with van der Waals surface area (Å²) in [6.07, 6.45) is 8.52. The van der Waals surface area contributed by atoms with E-state index in [0.717, 1.165) is 19.3 Å². The molecule has 0 bridgehead atoms. The molecule has 1 aromatic carbocycles. The number of esters is 1. The Labute approximate surface area is 125 Å². The Balaban J connectivity index is 2.43. The second-order valence-corrected chi connectivity index (χ2v) is 6.04. The van der Waals surface area contributed by atoms with E-state index in [4.69, 9.17) is 9.29 Å². The highest BCUT2D eigenvalue weighted by atomic mass is 32.2. The van der Waals surface area contributed by atoms with E-state index in [1.54, 1.807) is 6.08 Å². The van der Waals surface area contributed by atoms with Crippen LogP contribution in [0.4, 0.5) is 0 Å². The Morgan fingerprint density at radius 2 is 1.86 bits per heavy atom. The molecule has 0 atom stereocenters. The smallest absolute Gasteiger partial charge is 0.335 e. The third kappa shape index (κ3) is 7.06. The molecule has 0 amide bonds. The van der Waals surface area contributed by atoms with Gasteiger partial charge in [-0.2, -0.15) is 8.42 Å². The summed E-state index contributed by atoms with van der Waals surface area (Å²) in [4.78, 5) is 11.3. The van der Waals surface area contributed by atoms with Gasteiger partial charge in [-0.05, 0) is 37.1 Å². The van der Waals surface area contributed by atoms with Crippen molar-refractivity contribution in [2.45, 2.75) is 43.9 Å². The average molecular weight is 312 g/mol. The maximum Gasteiger partial charge on any atom is 0.335 e.